The number of hydrogen-bond donors (Lipinski definition) is 1. The summed E-state index contributed by atoms with van der Waals surface area (Å²) in [5.41, 5.74) is 5.64. The molecule has 1 unspecified atom stereocenters. The van der Waals surface area contributed by atoms with Crippen LogP contribution in [0.25, 0.3) is 0 Å². The van der Waals surface area contributed by atoms with Crippen molar-refractivity contribution in [3.8, 4) is 0 Å². The Labute approximate surface area is 157 Å². The summed E-state index contributed by atoms with van der Waals surface area (Å²) >= 11 is 0. The van der Waals surface area contributed by atoms with Gasteiger partial charge in [0.25, 0.3) is 5.91 Å². The van der Waals surface area contributed by atoms with Crippen LogP contribution in [0, 0.1) is 13.8 Å². The lowest BCUT2D eigenvalue weighted by Gasteiger charge is -2.26. The number of amides is 1. The topological polar surface area (TPSA) is 32.3 Å². The van der Waals surface area contributed by atoms with Gasteiger partial charge in [0.1, 0.15) is 0 Å². The lowest BCUT2D eigenvalue weighted by Crippen LogP contribution is -2.29. The van der Waals surface area contributed by atoms with Gasteiger partial charge in [0.15, 0.2) is 0 Å². The first-order valence-corrected chi connectivity index (χ1v) is 9.72. The van der Waals surface area contributed by atoms with Gasteiger partial charge in [0.05, 0.1) is 6.04 Å². The molecular weight excluding hydrogens is 320 g/mol. The van der Waals surface area contributed by atoms with Gasteiger partial charge in [-0.1, -0.05) is 42.3 Å². The second-order valence-electron chi connectivity index (χ2n) is 7.59. The van der Waals surface area contributed by atoms with Crippen LogP contribution in [0.15, 0.2) is 42.5 Å². The number of nitrogens with zero attached hydrogens (tertiary/aromatic N) is 1. The van der Waals surface area contributed by atoms with Gasteiger partial charge in [-0.2, -0.15) is 0 Å². The monoisotopic (exact) mass is 350 g/mol. The summed E-state index contributed by atoms with van der Waals surface area (Å²) in [5.74, 6) is -0.0120. The van der Waals surface area contributed by atoms with Crippen molar-refractivity contribution >= 4 is 5.91 Å². The molecule has 1 fully saturated rings. The Balaban J connectivity index is 1.60. The standard InChI is InChI=1S/C23H30N2O/c1-17-7-12-22(18(2)15-17)19(3)24-23(26)21-10-8-20(9-11-21)16-25-13-5-4-6-14-25/h7-12,15,19H,4-6,13-14,16H2,1-3H3,(H,24,26). The molecule has 3 heteroatoms. The number of aryl methyl sites for hydroxylation is 2. The van der Waals surface area contributed by atoms with E-state index >= 15 is 0 Å². The zero-order valence-corrected chi connectivity index (χ0v) is 16.2. The van der Waals surface area contributed by atoms with E-state index in [-0.39, 0.29) is 11.9 Å². The molecule has 138 valence electrons. The van der Waals surface area contributed by atoms with Crippen LogP contribution in [0.3, 0.4) is 0 Å². The van der Waals surface area contributed by atoms with E-state index in [0.717, 1.165) is 12.1 Å². The van der Waals surface area contributed by atoms with E-state index in [2.05, 4.69) is 54.4 Å². The molecule has 26 heavy (non-hydrogen) atoms. The number of nitrogens with one attached hydrogen (secondary N) is 1. The van der Waals surface area contributed by atoms with Crippen molar-refractivity contribution in [2.75, 3.05) is 13.1 Å². The highest BCUT2D eigenvalue weighted by Crippen LogP contribution is 2.19. The molecule has 1 amide bonds. The number of rotatable bonds is 5. The molecule has 2 aromatic carbocycles. The van der Waals surface area contributed by atoms with Gasteiger partial charge in [0.2, 0.25) is 0 Å². The quantitative estimate of drug-likeness (QED) is 0.841. The summed E-state index contributed by atoms with van der Waals surface area (Å²) in [6.07, 6.45) is 3.96. The van der Waals surface area contributed by atoms with Crippen LogP contribution in [0.5, 0.6) is 0 Å². The zero-order chi connectivity index (χ0) is 18.5. The molecule has 3 rings (SSSR count). The van der Waals surface area contributed by atoms with Crippen molar-refractivity contribution < 1.29 is 4.79 Å². The Morgan fingerprint density at radius 3 is 2.38 bits per heavy atom. The first kappa shape index (κ1) is 18.7. The molecule has 0 radical (unpaired) electrons. The number of carbonyl (C=O) groups excluding carboxylic acids is 1. The van der Waals surface area contributed by atoms with Gasteiger partial charge >= 0.3 is 0 Å². The molecule has 0 spiro atoms. The minimum absolute atomic E-state index is 0.00359. The van der Waals surface area contributed by atoms with Gasteiger partial charge in [-0.15, -0.1) is 0 Å². The van der Waals surface area contributed by atoms with Crippen molar-refractivity contribution in [2.24, 2.45) is 0 Å². The molecule has 3 nitrogen and oxygen atoms in total. The minimum Gasteiger partial charge on any atom is -0.346 e. The van der Waals surface area contributed by atoms with Gasteiger partial charge in [0, 0.05) is 12.1 Å². The van der Waals surface area contributed by atoms with Gasteiger partial charge < -0.3 is 5.32 Å². The number of benzene rings is 2. The smallest absolute Gasteiger partial charge is 0.251 e. The van der Waals surface area contributed by atoms with Crippen LogP contribution in [0.2, 0.25) is 0 Å². The lowest BCUT2D eigenvalue weighted by molar-refractivity contribution is 0.0940. The number of hydrogen-bond acceptors (Lipinski definition) is 2. The van der Waals surface area contributed by atoms with Gasteiger partial charge in [-0.05, 0) is 75.5 Å². The fourth-order valence-corrected chi connectivity index (χ4v) is 3.81. The third kappa shape index (κ3) is 4.73. The molecule has 0 bridgehead atoms. The van der Waals surface area contributed by atoms with E-state index in [9.17, 15) is 4.79 Å². The molecule has 1 aliphatic heterocycles. The van der Waals surface area contributed by atoms with E-state index in [4.69, 9.17) is 0 Å². The maximum atomic E-state index is 12.6. The molecule has 0 aromatic heterocycles. The van der Waals surface area contributed by atoms with E-state index in [0.29, 0.717) is 0 Å². The van der Waals surface area contributed by atoms with Crippen LogP contribution in [0.4, 0.5) is 0 Å². The molecule has 1 atom stereocenters. The number of piperidine rings is 1. The summed E-state index contributed by atoms with van der Waals surface area (Å²) in [6.45, 7) is 9.60. The minimum atomic E-state index is -0.0120. The van der Waals surface area contributed by atoms with Gasteiger partial charge in [-0.3, -0.25) is 9.69 Å². The highest BCUT2D eigenvalue weighted by molar-refractivity contribution is 5.94. The maximum absolute atomic E-state index is 12.6. The predicted octanol–water partition coefficient (Wildman–Crippen LogP) is 4.78. The molecule has 1 heterocycles. The highest BCUT2D eigenvalue weighted by atomic mass is 16.1. The second kappa shape index (κ2) is 8.50. The predicted molar refractivity (Wildman–Crippen MR) is 107 cm³/mol. The van der Waals surface area contributed by atoms with Crippen molar-refractivity contribution in [3.05, 3.63) is 70.3 Å². The van der Waals surface area contributed by atoms with Crippen molar-refractivity contribution in [3.63, 3.8) is 0 Å². The molecule has 0 aliphatic carbocycles. The first-order chi connectivity index (χ1) is 12.5. The fourth-order valence-electron chi connectivity index (χ4n) is 3.81. The van der Waals surface area contributed by atoms with Crippen molar-refractivity contribution in [2.45, 2.75) is 52.6 Å². The Bertz CT molecular complexity index is 745. The third-order valence-corrected chi connectivity index (χ3v) is 5.31. The summed E-state index contributed by atoms with van der Waals surface area (Å²) in [6, 6.07) is 14.4. The van der Waals surface area contributed by atoms with E-state index in [1.54, 1.807) is 0 Å². The Morgan fingerprint density at radius 1 is 1.04 bits per heavy atom. The summed E-state index contributed by atoms with van der Waals surface area (Å²) in [5, 5.41) is 3.12. The van der Waals surface area contributed by atoms with Crippen LogP contribution in [-0.4, -0.2) is 23.9 Å². The second-order valence-corrected chi connectivity index (χ2v) is 7.59. The van der Waals surface area contributed by atoms with Crippen LogP contribution in [0.1, 0.15) is 64.8 Å². The summed E-state index contributed by atoms with van der Waals surface area (Å²) in [4.78, 5) is 15.1. The fraction of sp³-hybridized carbons (Fsp3) is 0.435. The summed E-state index contributed by atoms with van der Waals surface area (Å²) < 4.78 is 0. The average Bonchev–Trinajstić information content (AvgIpc) is 2.63. The van der Waals surface area contributed by atoms with Crippen LogP contribution >= 0.6 is 0 Å². The van der Waals surface area contributed by atoms with E-state index in [1.807, 2.05) is 19.1 Å². The van der Waals surface area contributed by atoms with Crippen LogP contribution in [-0.2, 0) is 6.54 Å². The molecule has 1 N–H and O–H groups in total. The molecule has 0 saturated carbocycles. The van der Waals surface area contributed by atoms with E-state index in [1.165, 1.54) is 54.6 Å². The Kier molecular flexibility index (Phi) is 6.10. The first-order valence-electron chi connectivity index (χ1n) is 9.72. The molecular formula is C23H30N2O. The highest BCUT2D eigenvalue weighted by Gasteiger charge is 2.14. The molecule has 2 aromatic rings. The number of likely N-dealkylation sites (tertiary alicyclic amines) is 1. The van der Waals surface area contributed by atoms with Crippen molar-refractivity contribution in [1.82, 2.24) is 10.2 Å². The largest absolute Gasteiger partial charge is 0.346 e. The normalized spacial score (nSPS) is 16.3. The summed E-state index contributed by atoms with van der Waals surface area (Å²) in [7, 11) is 0. The molecule has 1 saturated heterocycles. The van der Waals surface area contributed by atoms with Gasteiger partial charge in [-0.25, -0.2) is 0 Å². The lowest BCUT2D eigenvalue weighted by atomic mass is 10.00. The van der Waals surface area contributed by atoms with Crippen molar-refractivity contribution in [1.29, 1.82) is 0 Å². The van der Waals surface area contributed by atoms with E-state index < -0.39 is 0 Å². The Hall–Kier alpha value is -2.13. The SMILES string of the molecule is Cc1ccc(C(C)NC(=O)c2ccc(CN3CCCCC3)cc2)c(C)c1. The zero-order valence-electron chi connectivity index (χ0n) is 16.2. The maximum Gasteiger partial charge on any atom is 0.251 e. The number of carbonyl (C=O) groups is 1. The molecule has 1 aliphatic rings. The average molecular weight is 351 g/mol. The third-order valence-electron chi connectivity index (χ3n) is 5.31. The Morgan fingerprint density at radius 2 is 1.73 bits per heavy atom. The van der Waals surface area contributed by atoms with Crippen LogP contribution < -0.4 is 5.32 Å².